The van der Waals surface area contributed by atoms with Gasteiger partial charge in [0.15, 0.2) is 17.5 Å². The molecule has 0 aromatic carbocycles. The summed E-state index contributed by atoms with van der Waals surface area (Å²) in [7, 11) is 3.12. The second kappa shape index (κ2) is 35.6. The molecule has 9 aromatic rings. The Labute approximate surface area is 551 Å². The maximum atomic E-state index is 12.5. The highest BCUT2D eigenvalue weighted by atomic mass is 35.5. The lowest BCUT2D eigenvalue weighted by Gasteiger charge is -2.34. The topological polar surface area (TPSA) is 347 Å². The van der Waals surface area contributed by atoms with Crippen LogP contribution >= 0.6 is 11.6 Å². The number of anilines is 8. The van der Waals surface area contributed by atoms with Gasteiger partial charge in [-0.3, -0.25) is 31.9 Å². The van der Waals surface area contributed by atoms with Crippen LogP contribution in [0.3, 0.4) is 0 Å². The van der Waals surface area contributed by atoms with Crippen molar-refractivity contribution < 1.29 is 19.5 Å². The number of aliphatic hydroxyl groups excluding tert-OH is 1. The van der Waals surface area contributed by atoms with E-state index in [2.05, 4.69) is 125 Å². The minimum absolute atomic E-state index is 0.195. The van der Waals surface area contributed by atoms with E-state index in [0.717, 1.165) is 83.9 Å². The highest BCUT2D eigenvalue weighted by Gasteiger charge is 2.19. The first-order chi connectivity index (χ1) is 45.6. The molecular formula is C63H83ClN26O4. The molecule has 0 bridgehead atoms. The smallest absolute Gasteiger partial charge is 0.326 e. The Kier molecular flexibility index (Phi) is 26.4. The van der Waals surface area contributed by atoms with Gasteiger partial charge in [-0.1, -0.05) is 29.8 Å². The summed E-state index contributed by atoms with van der Waals surface area (Å²) >= 11 is 5.87. The van der Waals surface area contributed by atoms with Crippen molar-refractivity contribution in [2.75, 3.05) is 121 Å². The molecule has 12 heterocycles. The number of aliphatic hydroxyl groups is 1. The van der Waals surface area contributed by atoms with Crippen LogP contribution in [0.2, 0.25) is 5.02 Å². The van der Waals surface area contributed by atoms with E-state index >= 15 is 0 Å². The summed E-state index contributed by atoms with van der Waals surface area (Å²) in [4.78, 5) is 70.0. The lowest BCUT2D eigenvalue weighted by molar-refractivity contribution is 0.261. The maximum absolute atomic E-state index is 12.5. The number of rotatable bonds is 14. The molecule has 0 saturated carbocycles. The Balaban J connectivity index is 0.000000171. The minimum atomic E-state index is -0.468. The molecular weight excluding hydrogens is 1220 g/mol. The minimum Gasteiger partial charge on any atom is -0.400 e. The first-order valence-electron chi connectivity index (χ1n) is 31.1. The van der Waals surface area contributed by atoms with Gasteiger partial charge < -0.3 is 44.1 Å². The Morgan fingerprint density at radius 3 is 1.14 bits per heavy atom. The summed E-state index contributed by atoms with van der Waals surface area (Å²) < 4.78 is 5.77. The fourth-order valence-corrected chi connectivity index (χ4v) is 9.91. The summed E-state index contributed by atoms with van der Waals surface area (Å²) in [5, 5.41) is 54.6. The third-order valence-electron chi connectivity index (χ3n) is 14.5. The lowest BCUT2D eigenvalue weighted by atomic mass is 10.1. The first kappa shape index (κ1) is 69.7. The number of pyridine rings is 6. The highest BCUT2D eigenvalue weighted by Crippen LogP contribution is 2.26. The normalized spacial score (nSPS) is 13.8. The number of piperidine rings is 1. The molecule has 94 heavy (non-hydrogen) atoms. The van der Waals surface area contributed by atoms with Gasteiger partial charge in [0.25, 0.3) is 0 Å². The molecule has 30 nitrogen and oxygen atoms in total. The van der Waals surface area contributed by atoms with E-state index in [1.165, 1.54) is 25.5 Å². The molecule has 3 saturated heterocycles. The van der Waals surface area contributed by atoms with Crippen LogP contribution in [0.1, 0.15) is 78.9 Å². The molecule has 12 rings (SSSR count). The fraction of sp³-hybridized carbons (Fsp3) is 0.381. The third-order valence-corrected chi connectivity index (χ3v) is 14.8. The van der Waals surface area contributed by atoms with Crippen LogP contribution in [0, 0.1) is 0 Å². The molecule has 0 spiro atoms. The molecule has 3 aliphatic heterocycles. The van der Waals surface area contributed by atoms with E-state index in [-0.39, 0.29) is 18.1 Å². The molecule has 0 aliphatic carbocycles. The van der Waals surface area contributed by atoms with Crippen molar-refractivity contribution in [1.82, 2.24) is 89.7 Å². The number of hydrogen-bond acceptors (Lipinski definition) is 21. The van der Waals surface area contributed by atoms with Gasteiger partial charge in [0.05, 0.1) is 0 Å². The number of urea groups is 3. The molecule has 0 radical (unpaired) electrons. The van der Waals surface area contributed by atoms with Gasteiger partial charge >= 0.3 is 18.1 Å². The van der Waals surface area contributed by atoms with Crippen molar-refractivity contribution in [3.05, 3.63) is 134 Å². The third kappa shape index (κ3) is 20.9. The Morgan fingerprint density at radius 1 is 0.447 bits per heavy atom. The van der Waals surface area contributed by atoms with E-state index in [4.69, 9.17) is 16.7 Å². The van der Waals surface area contributed by atoms with Crippen LogP contribution in [0.15, 0.2) is 129 Å². The number of carbonyl (C=O) groups excluding carboxylic acids is 3. The van der Waals surface area contributed by atoms with E-state index in [0.29, 0.717) is 74.5 Å². The van der Waals surface area contributed by atoms with Crippen molar-refractivity contribution in [2.24, 2.45) is 0 Å². The summed E-state index contributed by atoms with van der Waals surface area (Å²) in [6, 6.07) is 26.3. The molecule has 6 amide bonds. The van der Waals surface area contributed by atoms with Crippen molar-refractivity contribution in [3.63, 3.8) is 0 Å². The first-order valence-corrected chi connectivity index (χ1v) is 31.4. The van der Waals surface area contributed by atoms with E-state index < -0.39 is 18.1 Å². The van der Waals surface area contributed by atoms with Crippen molar-refractivity contribution in [3.8, 4) is 34.6 Å². The average molecular weight is 1300 g/mol. The molecule has 496 valence electrons. The molecule has 0 unspecified atom stereocenters. The fourth-order valence-electron chi connectivity index (χ4n) is 9.75. The predicted octanol–water partition coefficient (Wildman–Crippen LogP) is 9.06. The number of nitrogens with one attached hydrogen (secondary N) is 8. The number of amides is 6. The predicted molar refractivity (Wildman–Crippen MR) is 366 cm³/mol. The number of hydrogen-bond donors (Lipinski definition) is 9. The number of carbonyl (C=O) groups is 3. The van der Waals surface area contributed by atoms with Gasteiger partial charge in [-0.05, 0) is 129 Å². The van der Waals surface area contributed by atoms with Crippen LogP contribution in [0.5, 0.6) is 0 Å². The van der Waals surface area contributed by atoms with Crippen LogP contribution in [-0.4, -0.2) is 182 Å². The zero-order valence-electron chi connectivity index (χ0n) is 54.1. The molecule has 3 fully saturated rings. The van der Waals surface area contributed by atoms with Gasteiger partial charge in [-0.15, -0.1) is 30.6 Å². The molecule has 3 aliphatic rings. The zero-order chi connectivity index (χ0) is 66.8. The van der Waals surface area contributed by atoms with Crippen molar-refractivity contribution >= 4 is 76.0 Å². The van der Waals surface area contributed by atoms with Crippen LogP contribution in [0.4, 0.5) is 60.7 Å². The van der Waals surface area contributed by atoms with E-state index in [1.807, 2.05) is 110 Å². The highest BCUT2D eigenvalue weighted by molar-refractivity contribution is 6.30. The Bertz CT molecular complexity index is 3810. The van der Waals surface area contributed by atoms with Crippen LogP contribution < -0.4 is 52.3 Å². The van der Waals surface area contributed by atoms with Gasteiger partial charge in [0.1, 0.15) is 71.0 Å². The Morgan fingerprint density at radius 2 is 0.787 bits per heavy atom. The Hall–Kier alpha value is -10.1. The second-order valence-corrected chi connectivity index (χ2v) is 22.9. The van der Waals surface area contributed by atoms with E-state index in [9.17, 15) is 14.4 Å². The molecule has 31 heteroatoms. The number of piperazine rings is 2. The standard InChI is InChI=1S/C21H27N9O.C21H26N8O.C16H16ClN7O.C4H10N2.CH4O/c1-15(2)30-14-23-27-20(30)17-5-4-6-18(24-17)25-21(31)26-19-13-16(7-8-22-19)29-11-9-28(3)10-12-29;1-15(2)29-14-23-27-20(29)17-7-6-8-18(24-17)25-21(30)26-19-13-16(9-10-22-19)28-11-4-3-5-12-28;1-10(2)24-9-19-23-15(24)12-4-3-5-13(20-12)21-16(25)22-14-8-11(17)6-7-18-14;1-2-6-4-3-5-1;1-2/h4-8,13-15H,9-12H2,1-3H3,(H2,22,24,25,26,31);6-10,13-15H,3-5,11-12H2,1-2H3,(H2,22,24,25,26,30);3-10H,1-2H3,(H2,18,20,21,22,25);5-6H,1-4H2;2H,1H3. The largest absolute Gasteiger partial charge is 0.400 e. The number of aromatic nitrogens is 15. The average Bonchev–Trinajstić information content (AvgIpc) is 1.70. The van der Waals surface area contributed by atoms with Gasteiger partial charge in [-0.2, -0.15) is 0 Å². The van der Waals surface area contributed by atoms with Gasteiger partial charge in [-0.25, -0.2) is 44.3 Å². The second-order valence-electron chi connectivity index (χ2n) is 22.4. The van der Waals surface area contributed by atoms with Crippen LogP contribution in [0.25, 0.3) is 34.6 Å². The summed E-state index contributed by atoms with van der Waals surface area (Å²) in [6.07, 6.45) is 13.6. The van der Waals surface area contributed by atoms with Gasteiger partial charge in [0, 0.05) is 138 Å². The lowest BCUT2D eigenvalue weighted by Crippen LogP contribution is -2.44. The molecule has 9 aromatic heterocycles. The van der Waals surface area contributed by atoms with Crippen LogP contribution in [-0.2, 0) is 0 Å². The van der Waals surface area contributed by atoms with E-state index in [1.54, 1.807) is 67.8 Å². The molecule has 0 atom stereocenters. The maximum Gasteiger partial charge on any atom is 0.326 e. The zero-order valence-corrected chi connectivity index (χ0v) is 54.9. The number of halogens is 1. The van der Waals surface area contributed by atoms with Crippen molar-refractivity contribution in [1.29, 1.82) is 0 Å². The quantitative estimate of drug-likeness (QED) is 0.0490. The van der Waals surface area contributed by atoms with Gasteiger partial charge in [0.2, 0.25) is 0 Å². The molecule has 9 N–H and O–H groups in total. The number of likely N-dealkylation sites (N-methyl/N-ethyl adjacent to an activating group) is 1. The monoisotopic (exact) mass is 1300 g/mol. The summed E-state index contributed by atoms with van der Waals surface area (Å²) in [5.74, 6) is 4.52. The summed E-state index contributed by atoms with van der Waals surface area (Å²) in [6.45, 7) is 22.8. The SMILES string of the molecule is C1CNCCN1.CC(C)n1cnnc1-c1cccc(NC(=O)Nc2cc(Cl)ccn2)n1.CC(C)n1cnnc1-c1cccc(NC(=O)Nc2cc(N3CCCCC3)ccn2)n1.CC(C)n1cnnc1-c1cccc(NC(=O)Nc2cc(N3CCN(C)CC3)ccn2)n1.CO. The number of nitrogens with zero attached hydrogens (tertiary/aromatic N) is 18. The van der Waals surface area contributed by atoms with Crippen molar-refractivity contribution in [2.45, 2.75) is 78.9 Å². The summed E-state index contributed by atoms with van der Waals surface area (Å²) in [5.41, 5.74) is 4.02.